The predicted molar refractivity (Wildman–Crippen MR) is 38.3 cm³/mol. The van der Waals surface area contributed by atoms with E-state index >= 15 is 0 Å². The van der Waals surface area contributed by atoms with Crippen molar-refractivity contribution in [3.63, 3.8) is 0 Å². The maximum Gasteiger partial charge on any atom is 0.318 e. The van der Waals surface area contributed by atoms with Gasteiger partial charge in [0.1, 0.15) is 0 Å². The SMILES string of the molecule is FC(F)n1ccc(CBr)c1. The van der Waals surface area contributed by atoms with Gasteiger partial charge in [0.05, 0.1) is 0 Å². The highest BCUT2D eigenvalue weighted by Crippen LogP contribution is 2.13. The van der Waals surface area contributed by atoms with E-state index in [0.717, 1.165) is 10.1 Å². The van der Waals surface area contributed by atoms with E-state index in [1.165, 1.54) is 12.4 Å². The second kappa shape index (κ2) is 3.14. The van der Waals surface area contributed by atoms with Crippen molar-refractivity contribution in [3.8, 4) is 0 Å². The molecule has 0 bridgehead atoms. The molecular weight excluding hydrogens is 204 g/mol. The average molecular weight is 210 g/mol. The van der Waals surface area contributed by atoms with Gasteiger partial charge in [-0.3, -0.25) is 4.57 Å². The van der Waals surface area contributed by atoms with Crippen LogP contribution in [0.3, 0.4) is 0 Å². The number of alkyl halides is 3. The molecule has 1 nitrogen and oxygen atoms in total. The van der Waals surface area contributed by atoms with Gasteiger partial charge in [-0.1, -0.05) is 15.9 Å². The third-order valence-electron chi connectivity index (χ3n) is 1.16. The summed E-state index contributed by atoms with van der Waals surface area (Å²) in [5, 5.41) is 0.618. The van der Waals surface area contributed by atoms with Gasteiger partial charge >= 0.3 is 6.55 Å². The quantitative estimate of drug-likeness (QED) is 0.661. The molecule has 0 spiro atoms. The molecule has 1 heterocycles. The van der Waals surface area contributed by atoms with Crippen LogP contribution in [-0.2, 0) is 5.33 Å². The molecule has 0 aromatic carbocycles. The lowest BCUT2D eigenvalue weighted by molar-refractivity contribution is 0.0706. The fraction of sp³-hybridized carbons (Fsp3) is 0.333. The highest BCUT2D eigenvalue weighted by atomic mass is 79.9. The summed E-state index contributed by atoms with van der Waals surface area (Å²) in [5.74, 6) is 0. The summed E-state index contributed by atoms with van der Waals surface area (Å²) in [6, 6.07) is 1.65. The molecular formula is C6H6BrF2N. The number of halogens is 3. The molecule has 0 saturated heterocycles. The fourth-order valence-electron chi connectivity index (χ4n) is 0.660. The summed E-state index contributed by atoms with van der Waals surface area (Å²) < 4.78 is 24.6. The van der Waals surface area contributed by atoms with E-state index in [2.05, 4.69) is 15.9 Å². The second-order valence-electron chi connectivity index (χ2n) is 1.88. The first-order chi connectivity index (χ1) is 4.74. The lowest BCUT2D eigenvalue weighted by Crippen LogP contribution is -1.92. The molecule has 0 saturated carbocycles. The van der Waals surface area contributed by atoms with Crippen LogP contribution in [0.5, 0.6) is 0 Å². The molecule has 0 aliphatic rings. The van der Waals surface area contributed by atoms with Gasteiger partial charge in [0.25, 0.3) is 0 Å². The molecule has 1 aromatic rings. The predicted octanol–water partition coefficient (Wildman–Crippen LogP) is 2.78. The molecule has 0 aliphatic carbocycles. The number of aromatic nitrogens is 1. The van der Waals surface area contributed by atoms with Gasteiger partial charge in [-0.25, -0.2) is 0 Å². The summed E-state index contributed by atoms with van der Waals surface area (Å²) in [5.41, 5.74) is 0.861. The third-order valence-corrected chi connectivity index (χ3v) is 1.80. The molecule has 4 heteroatoms. The van der Waals surface area contributed by atoms with Crippen molar-refractivity contribution in [2.45, 2.75) is 11.9 Å². The van der Waals surface area contributed by atoms with Crippen LogP contribution in [0, 0.1) is 0 Å². The van der Waals surface area contributed by atoms with Gasteiger partial charge in [0.2, 0.25) is 0 Å². The summed E-state index contributed by atoms with van der Waals surface area (Å²) in [7, 11) is 0. The highest BCUT2D eigenvalue weighted by molar-refractivity contribution is 9.08. The van der Waals surface area contributed by atoms with Crippen LogP contribution in [0.25, 0.3) is 0 Å². The van der Waals surface area contributed by atoms with Crippen LogP contribution in [0.15, 0.2) is 18.5 Å². The minimum absolute atomic E-state index is 0.618. The van der Waals surface area contributed by atoms with E-state index in [9.17, 15) is 8.78 Å². The van der Waals surface area contributed by atoms with Gasteiger partial charge in [-0.15, -0.1) is 0 Å². The largest absolute Gasteiger partial charge is 0.318 e. The van der Waals surface area contributed by atoms with Crippen LogP contribution >= 0.6 is 15.9 Å². The first-order valence-electron chi connectivity index (χ1n) is 2.74. The Bertz CT molecular complexity index is 209. The maximum absolute atomic E-state index is 11.9. The first kappa shape index (κ1) is 7.72. The van der Waals surface area contributed by atoms with Crippen LogP contribution in [-0.4, -0.2) is 4.57 Å². The minimum atomic E-state index is -2.42. The van der Waals surface area contributed by atoms with Crippen molar-refractivity contribution >= 4 is 15.9 Å². The zero-order valence-corrected chi connectivity index (χ0v) is 6.68. The Hall–Kier alpha value is -0.380. The van der Waals surface area contributed by atoms with Gasteiger partial charge < -0.3 is 0 Å². The normalized spacial score (nSPS) is 10.8. The third kappa shape index (κ3) is 1.56. The van der Waals surface area contributed by atoms with E-state index in [4.69, 9.17) is 0 Å². The molecule has 0 N–H and O–H groups in total. The second-order valence-corrected chi connectivity index (χ2v) is 2.44. The van der Waals surface area contributed by atoms with Crippen molar-refractivity contribution in [2.24, 2.45) is 0 Å². The Morgan fingerprint density at radius 2 is 2.30 bits per heavy atom. The van der Waals surface area contributed by atoms with Crippen LogP contribution in [0.2, 0.25) is 0 Å². The van der Waals surface area contributed by atoms with E-state index in [0.29, 0.717) is 5.33 Å². The number of nitrogens with zero attached hydrogens (tertiary/aromatic N) is 1. The average Bonchev–Trinajstić information content (AvgIpc) is 2.34. The molecule has 1 rings (SSSR count). The van der Waals surface area contributed by atoms with Crippen molar-refractivity contribution in [1.82, 2.24) is 4.57 Å². The molecule has 56 valence electrons. The van der Waals surface area contributed by atoms with Crippen molar-refractivity contribution in [1.29, 1.82) is 0 Å². The van der Waals surface area contributed by atoms with Gasteiger partial charge in [0, 0.05) is 17.7 Å². The van der Waals surface area contributed by atoms with Gasteiger partial charge in [-0.2, -0.15) is 8.78 Å². The van der Waals surface area contributed by atoms with Crippen LogP contribution < -0.4 is 0 Å². The number of hydrogen-bond acceptors (Lipinski definition) is 0. The Kier molecular flexibility index (Phi) is 2.43. The van der Waals surface area contributed by atoms with Gasteiger partial charge in [0.15, 0.2) is 0 Å². The molecule has 1 aromatic heterocycles. The zero-order valence-electron chi connectivity index (χ0n) is 5.10. The van der Waals surface area contributed by atoms with E-state index in [1.807, 2.05) is 0 Å². The molecule has 0 unspecified atom stereocenters. The number of hydrogen-bond donors (Lipinski definition) is 0. The lowest BCUT2D eigenvalue weighted by atomic mass is 10.4. The van der Waals surface area contributed by atoms with E-state index in [1.54, 1.807) is 6.07 Å². The lowest BCUT2D eigenvalue weighted by Gasteiger charge is -1.96. The fourth-order valence-corrected chi connectivity index (χ4v) is 0.991. The van der Waals surface area contributed by atoms with Crippen molar-refractivity contribution < 1.29 is 8.78 Å². The zero-order chi connectivity index (χ0) is 7.56. The maximum atomic E-state index is 11.9. The van der Waals surface area contributed by atoms with E-state index < -0.39 is 6.55 Å². The van der Waals surface area contributed by atoms with Gasteiger partial charge in [-0.05, 0) is 11.6 Å². The topological polar surface area (TPSA) is 4.93 Å². The minimum Gasteiger partial charge on any atom is -0.298 e. The Balaban J connectivity index is 2.78. The van der Waals surface area contributed by atoms with Crippen molar-refractivity contribution in [2.75, 3.05) is 0 Å². The van der Waals surface area contributed by atoms with Crippen molar-refractivity contribution in [3.05, 3.63) is 24.0 Å². The molecule has 0 amide bonds. The molecule has 10 heavy (non-hydrogen) atoms. The smallest absolute Gasteiger partial charge is 0.298 e. The summed E-state index contributed by atoms with van der Waals surface area (Å²) >= 11 is 3.16. The standard InChI is InChI=1S/C6H6BrF2N/c7-3-5-1-2-10(4-5)6(8)9/h1-2,4,6H,3H2. The number of rotatable bonds is 2. The Morgan fingerprint density at radius 1 is 1.60 bits per heavy atom. The monoisotopic (exact) mass is 209 g/mol. The molecule has 0 atom stereocenters. The Labute approximate surface area is 65.8 Å². The summed E-state index contributed by atoms with van der Waals surface area (Å²) in [6.07, 6.45) is 2.78. The molecule has 0 fully saturated rings. The van der Waals surface area contributed by atoms with E-state index in [-0.39, 0.29) is 0 Å². The molecule has 0 aliphatic heterocycles. The Morgan fingerprint density at radius 3 is 2.60 bits per heavy atom. The highest BCUT2D eigenvalue weighted by Gasteiger charge is 2.03. The van der Waals surface area contributed by atoms with Crippen LogP contribution in [0.4, 0.5) is 8.78 Å². The summed E-state index contributed by atoms with van der Waals surface area (Å²) in [6.45, 7) is -2.42. The summed E-state index contributed by atoms with van der Waals surface area (Å²) in [4.78, 5) is 0. The van der Waals surface area contributed by atoms with Crippen LogP contribution in [0.1, 0.15) is 12.1 Å². The first-order valence-corrected chi connectivity index (χ1v) is 3.86. The molecule has 0 radical (unpaired) electrons.